The zero-order chi connectivity index (χ0) is 12.0. The second-order valence-corrected chi connectivity index (χ2v) is 2.70. The number of carboxylic acids is 2. The molecule has 0 heterocycles. The quantitative estimate of drug-likeness (QED) is 0.510. The second kappa shape index (κ2) is 5.79. The number of hydrogen-bond acceptors (Lipinski definition) is 4. The maximum atomic E-state index is 11.0. The molecule has 0 aliphatic heterocycles. The highest BCUT2D eigenvalue weighted by Gasteiger charge is 2.19. The van der Waals surface area contributed by atoms with Gasteiger partial charge in [-0.1, -0.05) is 0 Å². The molecule has 0 atom stereocenters. The third-order valence-electron chi connectivity index (χ3n) is 1.66. The van der Waals surface area contributed by atoms with Gasteiger partial charge in [0.1, 0.15) is 0 Å². The van der Waals surface area contributed by atoms with Gasteiger partial charge in [0.05, 0.1) is 18.6 Å². The lowest BCUT2D eigenvalue weighted by Gasteiger charge is -2.04. The summed E-state index contributed by atoms with van der Waals surface area (Å²) in [4.78, 5) is 32.1. The van der Waals surface area contributed by atoms with Gasteiger partial charge in [-0.2, -0.15) is 0 Å². The fraction of sp³-hybridized carbons (Fsp3) is 0.444. The van der Waals surface area contributed by atoms with E-state index in [4.69, 9.17) is 10.2 Å². The Kier molecular flexibility index (Phi) is 5.08. The molecule has 0 fully saturated rings. The van der Waals surface area contributed by atoms with Gasteiger partial charge in [0.2, 0.25) is 0 Å². The molecule has 0 saturated carbocycles. The van der Waals surface area contributed by atoms with Crippen molar-refractivity contribution >= 4 is 17.9 Å². The van der Waals surface area contributed by atoms with E-state index < -0.39 is 29.9 Å². The molecule has 0 aliphatic rings. The maximum Gasteiger partial charge on any atom is 0.332 e. The highest BCUT2D eigenvalue weighted by molar-refractivity contribution is 6.01. The number of hydrogen-bond donors (Lipinski definition) is 2. The summed E-state index contributed by atoms with van der Waals surface area (Å²) < 4.78 is 4.52. The van der Waals surface area contributed by atoms with Crippen molar-refractivity contribution in [3.05, 3.63) is 11.1 Å². The second-order valence-electron chi connectivity index (χ2n) is 2.70. The van der Waals surface area contributed by atoms with E-state index in [9.17, 15) is 14.4 Å². The van der Waals surface area contributed by atoms with Crippen LogP contribution in [0.2, 0.25) is 0 Å². The van der Waals surface area contributed by atoms with Crippen LogP contribution in [0.25, 0.3) is 0 Å². The summed E-state index contributed by atoms with van der Waals surface area (Å²) in [5, 5.41) is 17.3. The number of carbonyl (C=O) groups is 3. The van der Waals surface area contributed by atoms with Crippen molar-refractivity contribution in [1.82, 2.24) is 0 Å². The molecule has 84 valence electrons. The van der Waals surface area contributed by atoms with Crippen molar-refractivity contribution < 1.29 is 29.3 Å². The minimum atomic E-state index is -1.43. The fourth-order valence-electron chi connectivity index (χ4n) is 0.854. The van der Waals surface area contributed by atoms with Gasteiger partial charge in [-0.05, 0) is 13.8 Å². The van der Waals surface area contributed by atoms with Crippen LogP contribution in [0.5, 0.6) is 0 Å². The first kappa shape index (κ1) is 13.2. The van der Waals surface area contributed by atoms with Crippen molar-refractivity contribution in [1.29, 1.82) is 0 Å². The highest BCUT2D eigenvalue weighted by atomic mass is 16.5. The van der Waals surface area contributed by atoms with Crippen molar-refractivity contribution in [2.45, 2.75) is 20.3 Å². The largest absolute Gasteiger partial charge is 0.478 e. The normalized spacial score (nSPS) is 11.6. The van der Waals surface area contributed by atoms with Crippen LogP contribution in [0, 0.1) is 0 Å². The minimum absolute atomic E-state index is 0.123. The Morgan fingerprint density at radius 2 is 1.67 bits per heavy atom. The summed E-state index contributed by atoms with van der Waals surface area (Å²) in [7, 11) is 0. The smallest absolute Gasteiger partial charge is 0.332 e. The van der Waals surface area contributed by atoms with Crippen LogP contribution in [0.1, 0.15) is 20.3 Å². The molecule has 15 heavy (non-hydrogen) atoms. The van der Waals surface area contributed by atoms with E-state index in [0.29, 0.717) is 0 Å². The van der Waals surface area contributed by atoms with Crippen LogP contribution in [0.4, 0.5) is 0 Å². The monoisotopic (exact) mass is 216 g/mol. The van der Waals surface area contributed by atoms with E-state index >= 15 is 0 Å². The van der Waals surface area contributed by atoms with Crippen LogP contribution in [0.15, 0.2) is 11.1 Å². The Hall–Kier alpha value is -1.85. The number of aliphatic carboxylic acids is 2. The van der Waals surface area contributed by atoms with Crippen molar-refractivity contribution in [2.24, 2.45) is 0 Å². The van der Waals surface area contributed by atoms with Gasteiger partial charge in [-0.25, -0.2) is 9.59 Å². The molecule has 6 heteroatoms. The van der Waals surface area contributed by atoms with Crippen molar-refractivity contribution in [3.8, 4) is 0 Å². The minimum Gasteiger partial charge on any atom is -0.478 e. The van der Waals surface area contributed by atoms with Crippen LogP contribution < -0.4 is 0 Å². The molecule has 0 amide bonds. The number of rotatable bonds is 5. The molecule has 0 rings (SSSR count). The molecule has 0 spiro atoms. The Morgan fingerprint density at radius 3 is 2.00 bits per heavy atom. The Balaban J connectivity index is 4.85. The molecular formula is C9H12O6. The number of ether oxygens (including phenoxy) is 1. The van der Waals surface area contributed by atoms with Crippen molar-refractivity contribution in [3.63, 3.8) is 0 Å². The van der Waals surface area contributed by atoms with Gasteiger partial charge in [0.25, 0.3) is 0 Å². The molecule has 2 N–H and O–H groups in total. The first-order chi connectivity index (χ1) is 6.90. The molecule has 0 aromatic rings. The van der Waals surface area contributed by atoms with E-state index in [2.05, 4.69) is 4.74 Å². The van der Waals surface area contributed by atoms with Crippen LogP contribution in [-0.4, -0.2) is 34.7 Å². The zero-order valence-electron chi connectivity index (χ0n) is 8.44. The lowest BCUT2D eigenvalue weighted by atomic mass is 10.1. The predicted molar refractivity (Wildman–Crippen MR) is 49.2 cm³/mol. The van der Waals surface area contributed by atoms with Gasteiger partial charge in [0, 0.05) is 5.57 Å². The summed E-state index contributed by atoms with van der Waals surface area (Å²) in [6.45, 7) is 2.83. The predicted octanol–water partition coefficient (Wildman–Crippen LogP) is 0.425. The average molecular weight is 216 g/mol. The molecule has 6 nitrogen and oxygen atoms in total. The average Bonchev–Trinajstić information content (AvgIpc) is 2.13. The molecule has 0 unspecified atom stereocenters. The number of carbonyl (C=O) groups excluding carboxylic acids is 1. The standard InChI is InChI=1S/C9H12O6/c1-3-15-7(10)4-6(9(13)14)5(2)8(11)12/h3-4H2,1-2H3,(H,11,12)(H,13,14). The highest BCUT2D eigenvalue weighted by Crippen LogP contribution is 2.10. The van der Waals surface area contributed by atoms with E-state index in [1.54, 1.807) is 6.92 Å². The number of carboxylic acid groups (broad SMARTS) is 2. The van der Waals surface area contributed by atoms with Crippen LogP contribution in [0.3, 0.4) is 0 Å². The molecule has 0 aliphatic carbocycles. The summed E-state index contributed by atoms with van der Waals surface area (Å²) in [6, 6.07) is 0. The maximum absolute atomic E-state index is 11.0. The van der Waals surface area contributed by atoms with Gasteiger partial charge in [-0.15, -0.1) is 0 Å². The number of esters is 1. The third-order valence-corrected chi connectivity index (χ3v) is 1.66. The van der Waals surface area contributed by atoms with E-state index in [1.165, 1.54) is 0 Å². The van der Waals surface area contributed by atoms with Gasteiger partial charge in [-0.3, -0.25) is 4.79 Å². The molecule has 0 aromatic heterocycles. The lowest BCUT2D eigenvalue weighted by molar-refractivity contribution is -0.144. The molecule has 0 saturated heterocycles. The first-order valence-electron chi connectivity index (χ1n) is 4.22. The Bertz CT molecular complexity index is 315. The van der Waals surface area contributed by atoms with Crippen LogP contribution in [-0.2, 0) is 19.1 Å². The molecular weight excluding hydrogens is 204 g/mol. The first-order valence-corrected chi connectivity index (χ1v) is 4.22. The Morgan fingerprint density at radius 1 is 1.13 bits per heavy atom. The molecule has 0 aromatic carbocycles. The SMILES string of the molecule is CCOC(=O)CC(C(=O)O)=C(C)C(=O)O. The van der Waals surface area contributed by atoms with Crippen LogP contribution >= 0.6 is 0 Å². The summed E-state index contributed by atoms with van der Waals surface area (Å²) in [5.41, 5.74) is -0.823. The van der Waals surface area contributed by atoms with E-state index in [0.717, 1.165) is 6.92 Å². The summed E-state index contributed by atoms with van der Waals surface area (Å²) >= 11 is 0. The summed E-state index contributed by atoms with van der Waals surface area (Å²) in [6.07, 6.45) is -0.540. The van der Waals surface area contributed by atoms with E-state index in [-0.39, 0.29) is 12.2 Å². The topological polar surface area (TPSA) is 101 Å². The summed E-state index contributed by atoms with van der Waals surface area (Å²) in [5.74, 6) is -3.55. The fourth-order valence-corrected chi connectivity index (χ4v) is 0.854. The Labute approximate surface area is 86.2 Å². The zero-order valence-corrected chi connectivity index (χ0v) is 8.44. The van der Waals surface area contributed by atoms with Gasteiger partial charge in [0.15, 0.2) is 0 Å². The van der Waals surface area contributed by atoms with E-state index in [1.807, 2.05) is 0 Å². The van der Waals surface area contributed by atoms with Gasteiger partial charge < -0.3 is 14.9 Å². The molecule has 0 bridgehead atoms. The lowest BCUT2D eigenvalue weighted by Crippen LogP contribution is -2.14. The van der Waals surface area contributed by atoms with Gasteiger partial charge >= 0.3 is 17.9 Å². The van der Waals surface area contributed by atoms with Crippen molar-refractivity contribution in [2.75, 3.05) is 6.61 Å². The third kappa shape index (κ3) is 4.26. The molecule has 0 radical (unpaired) electrons.